The number of hydrogen-bond donors (Lipinski definition) is 0. The van der Waals surface area contributed by atoms with Crippen LogP contribution in [-0.2, 0) is 10.8 Å². The van der Waals surface area contributed by atoms with Gasteiger partial charge in [0, 0.05) is 48.4 Å². The van der Waals surface area contributed by atoms with E-state index in [1.54, 1.807) is 0 Å². The number of allylic oxidation sites excluding steroid dienone is 1. The van der Waals surface area contributed by atoms with Crippen molar-refractivity contribution in [2.75, 3.05) is 23.5 Å². The molecule has 2 aliphatic rings. The number of nitrogens with zero attached hydrogens (tertiary/aromatic N) is 4. The first kappa shape index (κ1) is 27.9. The molecule has 0 bridgehead atoms. The third kappa shape index (κ3) is 4.71. The lowest BCUT2D eigenvalue weighted by Gasteiger charge is -2.45. The summed E-state index contributed by atoms with van der Waals surface area (Å²) < 4.78 is 6.59. The lowest BCUT2D eigenvalue weighted by molar-refractivity contribution is 0.466. The number of benzene rings is 3. The summed E-state index contributed by atoms with van der Waals surface area (Å²) in [6.45, 7) is 14.3. The Labute approximate surface area is 251 Å². The number of pyridine rings is 1. The summed E-state index contributed by atoms with van der Waals surface area (Å²) >= 11 is 0. The molecule has 3 aromatic carbocycles. The number of hydrogen-bond acceptors (Lipinski definition) is 5. The minimum absolute atomic E-state index is 0.0140. The molecule has 0 atom stereocenters. The second-order valence-electron chi connectivity index (χ2n) is 12.7. The first-order valence-corrected chi connectivity index (χ1v) is 15.1. The lowest BCUT2D eigenvalue weighted by atomic mass is 9.67. The van der Waals surface area contributed by atoms with Crippen molar-refractivity contribution in [2.24, 2.45) is 0 Å². The number of ether oxygens (including phenoxy) is 1. The monoisotopic (exact) mass is 558 g/mol. The van der Waals surface area contributed by atoms with Crippen LogP contribution in [0.5, 0.6) is 11.5 Å². The van der Waals surface area contributed by atoms with Crippen LogP contribution < -0.4 is 14.5 Å². The molecule has 5 heteroatoms. The zero-order valence-corrected chi connectivity index (χ0v) is 26.0. The van der Waals surface area contributed by atoms with Gasteiger partial charge in [0.15, 0.2) is 0 Å². The molecule has 0 spiro atoms. The number of para-hydroxylation sites is 1. The molecule has 0 amide bonds. The van der Waals surface area contributed by atoms with E-state index >= 15 is 0 Å². The molecule has 3 heterocycles. The van der Waals surface area contributed by atoms with Gasteiger partial charge < -0.3 is 14.5 Å². The van der Waals surface area contributed by atoms with E-state index in [0.29, 0.717) is 0 Å². The normalized spacial score (nSPS) is 15.8. The van der Waals surface area contributed by atoms with Crippen molar-refractivity contribution >= 4 is 22.9 Å². The zero-order valence-electron chi connectivity index (χ0n) is 26.0. The predicted octanol–water partition coefficient (Wildman–Crippen LogP) is 9.63. The van der Waals surface area contributed by atoms with Gasteiger partial charge in [-0.2, -0.15) is 0 Å². The SMILES string of the molecule is CCC1(CC)c2ccccc2N(c2cc(C(C)(C)C)ccn2)c2cc(Oc3cccc(N4CN(C)C=C4C)c3)ccc21. The number of rotatable bonds is 6. The van der Waals surface area contributed by atoms with E-state index in [-0.39, 0.29) is 10.8 Å². The Morgan fingerprint density at radius 1 is 0.833 bits per heavy atom. The van der Waals surface area contributed by atoms with E-state index in [1.165, 1.54) is 28.1 Å². The maximum absolute atomic E-state index is 6.59. The third-order valence-electron chi connectivity index (χ3n) is 9.00. The Hall–Kier alpha value is -4.25. The van der Waals surface area contributed by atoms with Gasteiger partial charge in [-0.15, -0.1) is 0 Å². The molecule has 2 aliphatic heterocycles. The minimum atomic E-state index is -0.0891. The lowest BCUT2D eigenvalue weighted by Crippen LogP contribution is -2.35. The van der Waals surface area contributed by atoms with Gasteiger partial charge in [-0.05, 0) is 78.3 Å². The highest BCUT2D eigenvalue weighted by molar-refractivity contribution is 5.85. The van der Waals surface area contributed by atoms with Gasteiger partial charge in [0.25, 0.3) is 0 Å². The molecule has 5 nitrogen and oxygen atoms in total. The fourth-order valence-corrected chi connectivity index (χ4v) is 6.68. The van der Waals surface area contributed by atoms with Crippen molar-refractivity contribution in [3.63, 3.8) is 0 Å². The molecule has 0 aliphatic carbocycles. The van der Waals surface area contributed by atoms with Crippen molar-refractivity contribution in [2.45, 2.75) is 65.2 Å². The van der Waals surface area contributed by atoms with E-state index in [0.717, 1.165) is 48.2 Å². The fourth-order valence-electron chi connectivity index (χ4n) is 6.68. The van der Waals surface area contributed by atoms with Gasteiger partial charge in [-0.3, -0.25) is 4.90 Å². The van der Waals surface area contributed by atoms with Crippen molar-refractivity contribution < 1.29 is 4.74 Å². The molecule has 0 saturated heterocycles. The highest BCUT2D eigenvalue weighted by Gasteiger charge is 2.41. The molecule has 1 aromatic heterocycles. The van der Waals surface area contributed by atoms with Crippen LogP contribution in [0.15, 0.2) is 97.0 Å². The van der Waals surface area contributed by atoms with Crippen LogP contribution in [0.2, 0.25) is 0 Å². The van der Waals surface area contributed by atoms with Crippen molar-refractivity contribution in [3.05, 3.63) is 114 Å². The predicted molar refractivity (Wildman–Crippen MR) is 174 cm³/mol. The average Bonchev–Trinajstić information content (AvgIpc) is 3.33. The van der Waals surface area contributed by atoms with Crippen LogP contribution in [0.4, 0.5) is 22.9 Å². The largest absolute Gasteiger partial charge is 0.457 e. The molecular weight excluding hydrogens is 516 g/mol. The van der Waals surface area contributed by atoms with Gasteiger partial charge in [0.1, 0.15) is 17.3 Å². The van der Waals surface area contributed by atoms with Gasteiger partial charge in [0.05, 0.1) is 18.0 Å². The Bertz CT molecular complexity index is 1650. The molecule has 0 radical (unpaired) electrons. The van der Waals surface area contributed by atoms with E-state index in [4.69, 9.17) is 9.72 Å². The molecule has 0 N–H and O–H groups in total. The van der Waals surface area contributed by atoms with Crippen LogP contribution in [0.25, 0.3) is 0 Å². The van der Waals surface area contributed by atoms with E-state index in [9.17, 15) is 0 Å². The highest BCUT2D eigenvalue weighted by Crippen LogP contribution is 2.55. The topological polar surface area (TPSA) is 31.8 Å². The zero-order chi connectivity index (χ0) is 29.6. The number of fused-ring (bicyclic) bond motifs is 2. The van der Waals surface area contributed by atoms with E-state index < -0.39 is 0 Å². The summed E-state index contributed by atoms with van der Waals surface area (Å²) in [5.74, 6) is 2.56. The smallest absolute Gasteiger partial charge is 0.137 e. The van der Waals surface area contributed by atoms with Crippen molar-refractivity contribution in [1.29, 1.82) is 0 Å². The third-order valence-corrected chi connectivity index (χ3v) is 9.00. The first-order chi connectivity index (χ1) is 20.1. The van der Waals surface area contributed by atoms with Crippen LogP contribution in [0.3, 0.4) is 0 Å². The summed E-state index contributed by atoms with van der Waals surface area (Å²) in [4.78, 5) is 11.7. The van der Waals surface area contributed by atoms with E-state index in [2.05, 4.69) is 142 Å². The number of aromatic nitrogens is 1. The van der Waals surface area contributed by atoms with Crippen LogP contribution >= 0.6 is 0 Å². The molecule has 42 heavy (non-hydrogen) atoms. The molecule has 216 valence electrons. The summed E-state index contributed by atoms with van der Waals surface area (Å²) in [5, 5.41) is 0. The van der Waals surface area contributed by atoms with E-state index in [1.807, 2.05) is 12.3 Å². The van der Waals surface area contributed by atoms with Gasteiger partial charge in [-0.25, -0.2) is 4.98 Å². The molecule has 0 saturated carbocycles. The van der Waals surface area contributed by atoms with Crippen LogP contribution in [-0.4, -0.2) is 23.6 Å². The molecule has 0 unspecified atom stereocenters. The minimum Gasteiger partial charge on any atom is -0.457 e. The average molecular weight is 559 g/mol. The molecular formula is C37H42N4O. The highest BCUT2D eigenvalue weighted by atomic mass is 16.5. The summed E-state index contributed by atoms with van der Waals surface area (Å²) in [5.41, 5.74) is 8.51. The van der Waals surface area contributed by atoms with Crippen molar-refractivity contribution in [3.8, 4) is 11.5 Å². The summed E-state index contributed by atoms with van der Waals surface area (Å²) in [6.07, 6.45) is 6.13. The fraction of sp³-hybridized carbons (Fsp3) is 0.324. The van der Waals surface area contributed by atoms with Crippen molar-refractivity contribution in [1.82, 2.24) is 9.88 Å². The first-order valence-electron chi connectivity index (χ1n) is 15.1. The Morgan fingerprint density at radius 3 is 2.29 bits per heavy atom. The maximum Gasteiger partial charge on any atom is 0.137 e. The molecule has 4 aromatic rings. The standard InChI is InChI=1S/C37H42N4O/c1-8-37(9-2)31-15-10-11-16-33(31)41(35-21-27(19-20-38-35)36(4,5)6)34-23-30(17-18-32(34)37)42-29-14-12-13-28(22-29)40-25-39(7)24-26(40)3/h10-24H,8-9,25H2,1-7H3. The van der Waals surface area contributed by atoms with Crippen LogP contribution in [0, 0.1) is 0 Å². The molecule has 0 fully saturated rings. The Morgan fingerprint density at radius 2 is 1.57 bits per heavy atom. The summed E-state index contributed by atoms with van der Waals surface area (Å²) in [6, 6.07) is 28.2. The second-order valence-corrected chi connectivity index (χ2v) is 12.7. The van der Waals surface area contributed by atoms with Gasteiger partial charge in [0.2, 0.25) is 0 Å². The summed E-state index contributed by atoms with van der Waals surface area (Å²) in [7, 11) is 2.10. The maximum atomic E-state index is 6.59. The molecule has 6 rings (SSSR count). The Kier molecular flexibility index (Phi) is 7.00. The van der Waals surface area contributed by atoms with Crippen LogP contribution in [0.1, 0.15) is 71.1 Å². The van der Waals surface area contributed by atoms with Gasteiger partial charge >= 0.3 is 0 Å². The second kappa shape index (κ2) is 10.5. The van der Waals surface area contributed by atoms with Gasteiger partial charge in [-0.1, -0.05) is 65.0 Å². The number of anilines is 4. The Balaban J connectivity index is 1.47. The quantitative estimate of drug-likeness (QED) is 0.235.